The van der Waals surface area contributed by atoms with E-state index in [0.29, 0.717) is 11.7 Å². The summed E-state index contributed by atoms with van der Waals surface area (Å²) in [5.41, 5.74) is 3.35. The number of aryl methyl sites for hydroxylation is 1. The summed E-state index contributed by atoms with van der Waals surface area (Å²) >= 11 is 3.65. The van der Waals surface area contributed by atoms with Crippen molar-refractivity contribution in [3.8, 4) is 11.5 Å². The predicted octanol–water partition coefficient (Wildman–Crippen LogP) is 6.50. The largest absolute Gasteiger partial charge is 0.506 e. The molecule has 2 aliphatic rings. The molecule has 0 saturated heterocycles. The van der Waals surface area contributed by atoms with Gasteiger partial charge >= 0.3 is 0 Å². The first-order chi connectivity index (χ1) is 11.3. The first kappa shape index (κ1) is 17.8. The molecular weight excluding hydrogens is 364 g/mol. The molecule has 0 radical (unpaired) electrons. The van der Waals surface area contributed by atoms with Gasteiger partial charge in [-0.15, -0.1) is 0 Å². The number of halogens is 1. The van der Waals surface area contributed by atoms with Crippen LogP contribution in [0.3, 0.4) is 0 Å². The Morgan fingerprint density at radius 3 is 2.79 bits per heavy atom. The third-order valence-corrected chi connectivity index (χ3v) is 6.60. The molecule has 1 aliphatic carbocycles. The molecule has 0 fully saturated rings. The molecule has 0 saturated carbocycles. The van der Waals surface area contributed by atoms with E-state index in [1.807, 2.05) is 0 Å². The molecule has 1 N–H and O–H groups in total. The normalized spacial score (nSPS) is 24.6. The van der Waals surface area contributed by atoms with Crippen molar-refractivity contribution >= 4 is 15.9 Å². The van der Waals surface area contributed by atoms with Gasteiger partial charge in [-0.3, -0.25) is 0 Å². The average Bonchev–Trinajstić information content (AvgIpc) is 2.51. The second kappa shape index (κ2) is 6.74. The molecule has 132 valence electrons. The number of fused-ring (bicyclic) bond motifs is 3. The summed E-state index contributed by atoms with van der Waals surface area (Å²) in [6.45, 7) is 8.79. The van der Waals surface area contributed by atoms with Gasteiger partial charge in [-0.05, 0) is 74.0 Å². The quantitative estimate of drug-likeness (QED) is 0.467. The Morgan fingerprint density at radius 2 is 2.08 bits per heavy atom. The van der Waals surface area contributed by atoms with Gasteiger partial charge in [0.05, 0.1) is 4.47 Å². The molecule has 3 heteroatoms. The van der Waals surface area contributed by atoms with Crippen LogP contribution in [0.2, 0.25) is 0 Å². The molecule has 2 unspecified atom stereocenters. The van der Waals surface area contributed by atoms with Crippen molar-refractivity contribution in [3.05, 3.63) is 33.3 Å². The van der Waals surface area contributed by atoms with Gasteiger partial charge in [0.15, 0.2) is 0 Å². The molecule has 1 aliphatic heterocycles. The van der Waals surface area contributed by atoms with Crippen LogP contribution in [0.15, 0.2) is 22.2 Å². The summed E-state index contributed by atoms with van der Waals surface area (Å²) in [5.74, 6) is 1.92. The van der Waals surface area contributed by atoms with Crippen molar-refractivity contribution in [2.75, 3.05) is 0 Å². The zero-order valence-electron chi connectivity index (χ0n) is 15.3. The van der Waals surface area contributed by atoms with Crippen molar-refractivity contribution in [3.63, 3.8) is 0 Å². The summed E-state index contributed by atoms with van der Waals surface area (Å²) < 4.78 is 7.25. The topological polar surface area (TPSA) is 29.5 Å². The number of benzene rings is 1. The minimum Gasteiger partial charge on any atom is -0.506 e. The highest BCUT2D eigenvalue weighted by molar-refractivity contribution is 9.10. The Hall–Kier alpha value is -0.960. The Bertz CT molecular complexity index is 660. The van der Waals surface area contributed by atoms with E-state index in [-0.39, 0.29) is 11.5 Å². The van der Waals surface area contributed by atoms with E-state index in [9.17, 15) is 5.11 Å². The van der Waals surface area contributed by atoms with E-state index in [4.69, 9.17) is 4.74 Å². The fourth-order valence-corrected chi connectivity index (χ4v) is 4.86. The fourth-order valence-electron chi connectivity index (χ4n) is 4.33. The van der Waals surface area contributed by atoms with Crippen LogP contribution in [-0.4, -0.2) is 10.7 Å². The van der Waals surface area contributed by atoms with E-state index in [2.05, 4.69) is 55.8 Å². The standard InChI is InChI=1S/C21H29BrO2/c1-5-6-7-8-14-12-17-18(20(23)19(14)22)15-11-13(2)9-10-16(15)21(3,4)24-17/h11-12,15-16,23H,5-10H2,1-4H3. The maximum atomic E-state index is 10.9. The first-order valence-corrected chi connectivity index (χ1v) is 10.0. The van der Waals surface area contributed by atoms with Gasteiger partial charge in [0.2, 0.25) is 0 Å². The van der Waals surface area contributed by atoms with E-state index < -0.39 is 0 Å². The van der Waals surface area contributed by atoms with E-state index in [0.717, 1.165) is 47.0 Å². The van der Waals surface area contributed by atoms with Crippen LogP contribution in [0.5, 0.6) is 11.5 Å². The molecule has 0 amide bonds. The van der Waals surface area contributed by atoms with Crippen molar-refractivity contribution in [1.82, 2.24) is 0 Å². The lowest BCUT2D eigenvalue weighted by atomic mass is 9.68. The van der Waals surface area contributed by atoms with Crippen LogP contribution in [0.25, 0.3) is 0 Å². The molecular formula is C21H29BrO2. The van der Waals surface area contributed by atoms with Crippen LogP contribution < -0.4 is 4.74 Å². The molecule has 24 heavy (non-hydrogen) atoms. The molecule has 0 aromatic heterocycles. The predicted molar refractivity (Wildman–Crippen MR) is 103 cm³/mol. The number of phenols is 1. The summed E-state index contributed by atoms with van der Waals surface area (Å²) in [4.78, 5) is 0. The number of hydrogen-bond donors (Lipinski definition) is 1. The highest BCUT2D eigenvalue weighted by atomic mass is 79.9. The summed E-state index contributed by atoms with van der Waals surface area (Å²) in [6.07, 6.45) is 9.12. The fraction of sp³-hybridized carbons (Fsp3) is 0.619. The molecule has 3 rings (SSSR count). The highest BCUT2D eigenvalue weighted by Crippen LogP contribution is 2.55. The van der Waals surface area contributed by atoms with Crippen LogP contribution >= 0.6 is 15.9 Å². The van der Waals surface area contributed by atoms with E-state index in [1.54, 1.807) is 0 Å². The Morgan fingerprint density at radius 1 is 1.33 bits per heavy atom. The molecule has 0 bridgehead atoms. The number of unbranched alkanes of at least 4 members (excludes halogenated alkanes) is 2. The van der Waals surface area contributed by atoms with Gasteiger partial charge in [-0.2, -0.15) is 0 Å². The highest BCUT2D eigenvalue weighted by Gasteiger charge is 2.45. The summed E-state index contributed by atoms with van der Waals surface area (Å²) in [5, 5.41) is 10.9. The van der Waals surface area contributed by atoms with Crippen molar-refractivity contribution in [2.45, 2.75) is 77.7 Å². The molecule has 1 aromatic carbocycles. The Balaban J connectivity index is 2.06. The Labute approximate surface area is 154 Å². The van der Waals surface area contributed by atoms with Gasteiger partial charge in [0.25, 0.3) is 0 Å². The zero-order chi connectivity index (χ0) is 17.5. The molecule has 2 nitrogen and oxygen atoms in total. The van der Waals surface area contributed by atoms with Crippen LogP contribution in [0.4, 0.5) is 0 Å². The van der Waals surface area contributed by atoms with Gasteiger partial charge in [0.1, 0.15) is 17.1 Å². The smallest absolute Gasteiger partial charge is 0.137 e. The monoisotopic (exact) mass is 392 g/mol. The van der Waals surface area contributed by atoms with Gasteiger partial charge in [-0.25, -0.2) is 0 Å². The van der Waals surface area contributed by atoms with Crippen molar-refractivity contribution < 1.29 is 9.84 Å². The Kier molecular flexibility index (Phi) is 5.01. The van der Waals surface area contributed by atoms with Crippen molar-refractivity contribution in [2.24, 2.45) is 5.92 Å². The number of allylic oxidation sites excluding steroid dienone is 2. The third kappa shape index (κ3) is 3.12. The minimum atomic E-state index is -0.199. The minimum absolute atomic E-state index is 0.199. The third-order valence-electron chi connectivity index (χ3n) is 5.71. The SMILES string of the molecule is CCCCCc1cc2c(c(O)c1Br)C1C=C(C)CCC1C(C)(C)O2. The lowest BCUT2D eigenvalue weighted by Crippen LogP contribution is -2.45. The molecule has 1 heterocycles. The van der Waals surface area contributed by atoms with Crippen LogP contribution in [0, 0.1) is 5.92 Å². The average molecular weight is 393 g/mol. The summed E-state index contributed by atoms with van der Waals surface area (Å²) in [6, 6.07) is 2.16. The number of phenolic OH excluding ortho intramolecular Hbond substituents is 1. The van der Waals surface area contributed by atoms with E-state index >= 15 is 0 Å². The van der Waals surface area contributed by atoms with Crippen molar-refractivity contribution in [1.29, 1.82) is 0 Å². The maximum Gasteiger partial charge on any atom is 0.137 e. The van der Waals surface area contributed by atoms with E-state index in [1.165, 1.54) is 18.4 Å². The second-order valence-corrected chi connectivity index (χ2v) is 8.75. The summed E-state index contributed by atoms with van der Waals surface area (Å²) in [7, 11) is 0. The van der Waals surface area contributed by atoms with Gasteiger partial charge in [0, 0.05) is 17.4 Å². The lowest BCUT2D eigenvalue weighted by molar-refractivity contribution is 0.0106. The first-order valence-electron chi connectivity index (χ1n) is 9.25. The number of hydrogen-bond acceptors (Lipinski definition) is 2. The molecule has 2 atom stereocenters. The number of aromatic hydroxyl groups is 1. The molecule has 1 aromatic rings. The number of rotatable bonds is 4. The lowest BCUT2D eigenvalue weighted by Gasteiger charge is -2.46. The van der Waals surface area contributed by atoms with Crippen LogP contribution in [0.1, 0.15) is 76.8 Å². The van der Waals surface area contributed by atoms with Gasteiger partial charge < -0.3 is 9.84 Å². The second-order valence-electron chi connectivity index (χ2n) is 7.96. The van der Waals surface area contributed by atoms with Crippen LogP contribution in [-0.2, 0) is 6.42 Å². The zero-order valence-corrected chi connectivity index (χ0v) is 16.9. The molecule has 0 spiro atoms. The van der Waals surface area contributed by atoms with Gasteiger partial charge in [-0.1, -0.05) is 31.4 Å². The maximum absolute atomic E-state index is 10.9. The number of ether oxygens (including phenoxy) is 1.